The molecule has 0 bridgehead atoms. The molecular formula is C10H9Cl2N3OS. The van der Waals surface area contributed by atoms with Crippen molar-refractivity contribution in [2.75, 3.05) is 11.9 Å². The molecule has 0 aliphatic carbocycles. The number of thiophene rings is 1. The van der Waals surface area contributed by atoms with Crippen LogP contribution in [0.25, 0.3) is 0 Å². The molecule has 2 aromatic rings. The molecule has 0 saturated carbocycles. The van der Waals surface area contributed by atoms with Gasteiger partial charge in [0.05, 0.1) is 16.2 Å². The minimum absolute atomic E-state index is 0.129. The molecule has 2 heterocycles. The maximum atomic E-state index is 11.2. The van der Waals surface area contributed by atoms with Crippen molar-refractivity contribution in [2.45, 2.75) is 6.42 Å². The van der Waals surface area contributed by atoms with E-state index in [9.17, 15) is 4.79 Å². The number of aromatic nitrogens is 2. The monoisotopic (exact) mass is 289 g/mol. The van der Waals surface area contributed by atoms with Crippen molar-refractivity contribution < 1.29 is 0 Å². The molecule has 0 fully saturated rings. The average Bonchev–Trinajstić information content (AvgIpc) is 2.70. The molecule has 90 valence electrons. The van der Waals surface area contributed by atoms with Crippen LogP contribution in [0.2, 0.25) is 9.36 Å². The van der Waals surface area contributed by atoms with E-state index < -0.39 is 5.56 Å². The third-order valence-corrected chi connectivity index (χ3v) is 3.78. The molecule has 0 saturated heterocycles. The molecule has 2 N–H and O–H groups in total. The molecule has 0 aromatic carbocycles. The maximum absolute atomic E-state index is 11.2. The molecule has 2 rings (SSSR count). The molecular weight excluding hydrogens is 281 g/mol. The van der Waals surface area contributed by atoms with Gasteiger partial charge in [0, 0.05) is 11.4 Å². The summed E-state index contributed by atoms with van der Waals surface area (Å²) in [6.45, 7) is 0.668. The van der Waals surface area contributed by atoms with Crippen molar-refractivity contribution in [1.82, 2.24) is 10.2 Å². The maximum Gasteiger partial charge on any atom is 0.285 e. The Bertz CT molecular complexity index is 567. The smallest absolute Gasteiger partial charge is 0.285 e. The summed E-state index contributed by atoms with van der Waals surface area (Å²) < 4.78 is 0.774. The molecule has 0 amide bonds. The summed E-state index contributed by atoms with van der Waals surface area (Å²) in [5.41, 5.74) is 0.147. The van der Waals surface area contributed by atoms with Crippen LogP contribution in [0.3, 0.4) is 0 Å². The highest BCUT2D eigenvalue weighted by Crippen LogP contribution is 2.22. The van der Waals surface area contributed by atoms with Gasteiger partial charge in [-0.3, -0.25) is 4.79 Å². The van der Waals surface area contributed by atoms with Gasteiger partial charge in [0.2, 0.25) is 0 Å². The summed E-state index contributed by atoms with van der Waals surface area (Å²) in [6, 6.07) is 3.84. The van der Waals surface area contributed by atoms with Gasteiger partial charge >= 0.3 is 0 Å². The Hall–Kier alpha value is -1.04. The summed E-state index contributed by atoms with van der Waals surface area (Å²) in [5, 5.41) is 9.12. The minimum Gasteiger partial charge on any atom is -0.382 e. The van der Waals surface area contributed by atoms with E-state index in [0.29, 0.717) is 12.2 Å². The van der Waals surface area contributed by atoms with E-state index >= 15 is 0 Å². The summed E-state index contributed by atoms with van der Waals surface area (Å²) in [7, 11) is 0. The zero-order valence-corrected chi connectivity index (χ0v) is 11.0. The zero-order chi connectivity index (χ0) is 12.3. The Morgan fingerprint density at radius 3 is 2.94 bits per heavy atom. The first-order valence-corrected chi connectivity index (χ1v) is 6.45. The van der Waals surface area contributed by atoms with Gasteiger partial charge in [0.1, 0.15) is 5.02 Å². The Kier molecular flexibility index (Phi) is 4.04. The summed E-state index contributed by atoms with van der Waals surface area (Å²) >= 11 is 13.2. The molecule has 0 spiro atoms. The van der Waals surface area contributed by atoms with Crippen LogP contribution < -0.4 is 10.9 Å². The molecule has 0 radical (unpaired) electrons. The second kappa shape index (κ2) is 5.53. The van der Waals surface area contributed by atoms with E-state index in [1.54, 1.807) is 0 Å². The average molecular weight is 290 g/mol. The highest BCUT2D eigenvalue weighted by molar-refractivity contribution is 7.16. The lowest BCUT2D eigenvalue weighted by Crippen LogP contribution is -2.13. The Morgan fingerprint density at radius 2 is 2.24 bits per heavy atom. The second-order valence-corrected chi connectivity index (χ2v) is 5.49. The van der Waals surface area contributed by atoms with Crippen molar-refractivity contribution in [3.63, 3.8) is 0 Å². The van der Waals surface area contributed by atoms with Gasteiger partial charge in [0.15, 0.2) is 0 Å². The second-order valence-electron chi connectivity index (χ2n) is 3.31. The first kappa shape index (κ1) is 12.4. The van der Waals surface area contributed by atoms with Crippen LogP contribution in [-0.4, -0.2) is 16.7 Å². The summed E-state index contributed by atoms with van der Waals surface area (Å²) in [4.78, 5) is 12.3. The number of hydrogen-bond donors (Lipinski definition) is 2. The largest absolute Gasteiger partial charge is 0.382 e. The van der Waals surface area contributed by atoms with Gasteiger partial charge in [-0.1, -0.05) is 23.2 Å². The van der Waals surface area contributed by atoms with Crippen LogP contribution >= 0.6 is 34.5 Å². The molecule has 4 nitrogen and oxygen atoms in total. The zero-order valence-electron chi connectivity index (χ0n) is 8.67. The number of anilines is 1. The molecule has 17 heavy (non-hydrogen) atoms. The highest BCUT2D eigenvalue weighted by atomic mass is 35.5. The van der Waals surface area contributed by atoms with E-state index in [2.05, 4.69) is 15.5 Å². The number of halogens is 2. The van der Waals surface area contributed by atoms with Crippen LogP contribution in [0.4, 0.5) is 5.69 Å². The van der Waals surface area contributed by atoms with Gasteiger partial charge < -0.3 is 5.32 Å². The van der Waals surface area contributed by atoms with Gasteiger partial charge in [-0.2, -0.15) is 5.10 Å². The normalized spacial score (nSPS) is 10.5. The number of hydrogen-bond acceptors (Lipinski definition) is 4. The lowest BCUT2D eigenvalue weighted by Gasteiger charge is -2.05. The Morgan fingerprint density at radius 1 is 1.41 bits per heavy atom. The van der Waals surface area contributed by atoms with Gasteiger partial charge in [-0.15, -0.1) is 11.3 Å². The van der Waals surface area contributed by atoms with E-state index in [1.165, 1.54) is 22.4 Å². The standard InChI is InChI=1S/C10H9Cl2N3OS/c11-8-2-1-6(17-8)3-4-13-7-5-14-15-10(16)9(7)12/h1-2,5H,3-4H2,(H2,13,15,16). The molecule has 0 unspecified atom stereocenters. The lowest BCUT2D eigenvalue weighted by molar-refractivity contribution is 0.973. The van der Waals surface area contributed by atoms with E-state index in [1.807, 2.05) is 12.1 Å². The predicted molar refractivity (Wildman–Crippen MR) is 71.4 cm³/mol. The minimum atomic E-state index is -0.393. The molecule has 2 aromatic heterocycles. The number of H-pyrrole nitrogens is 1. The molecule has 7 heteroatoms. The van der Waals surface area contributed by atoms with E-state index in [0.717, 1.165) is 10.8 Å². The molecule has 0 aliphatic rings. The van der Waals surface area contributed by atoms with Crippen molar-refractivity contribution >= 4 is 40.2 Å². The van der Waals surface area contributed by atoms with Crippen LogP contribution in [-0.2, 0) is 6.42 Å². The third-order valence-electron chi connectivity index (χ3n) is 2.11. The SMILES string of the molecule is O=c1[nH]ncc(NCCc2ccc(Cl)s2)c1Cl. The first-order valence-electron chi connectivity index (χ1n) is 4.88. The van der Waals surface area contributed by atoms with Gasteiger partial charge in [0.25, 0.3) is 5.56 Å². The summed E-state index contributed by atoms with van der Waals surface area (Å²) in [6.07, 6.45) is 2.31. The van der Waals surface area contributed by atoms with E-state index in [-0.39, 0.29) is 5.02 Å². The quantitative estimate of drug-likeness (QED) is 0.910. The number of nitrogens with zero attached hydrogens (tertiary/aromatic N) is 1. The summed E-state index contributed by atoms with van der Waals surface area (Å²) in [5.74, 6) is 0. The van der Waals surface area contributed by atoms with Crippen LogP contribution in [0.5, 0.6) is 0 Å². The van der Waals surface area contributed by atoms with Crippen molar-refractivity contribution in [1.29, 1.82) is 0 Å². The fraction of sp³-hybridized carbons (Fsp3) is 0.200. The van der Waals surface area contributed by atoms with Gasteiger partial charge in [-0.25, -0.2) is 5.10 Å². The van der Waals surface area contributed by atoms with E-state index in [4.69, 9.17) is 23.2 Å². The van der Waals surface area contributed by atoms with Crippen LogP contribution in [0, 0.1) is 0 Å². The number of nitrogens with one attached hydrogen (secondary N) is 2. The Balaban J connectivity index is 1.94. The Labute approximate surface area is 112 Å². The molecule has 0 atom stereocenters. The lowest BCUT2D eigenvalue weighted by atomic mass is 10.3. The van der Waals surface area contributed by atoms with Crippen LogP contribution in [0.1, 0.15) is 4.88 Å². The molecule has 0 aliphatic heterocycles. The van der Waals surface area contributed by atoms with Crippen LogP contribution in [0.15, 0.2) is 23.1 Å². The number of rotatable bonds is 4. The third kappa shape index (κ3) is 3.21. The predicted octanol–water partition coefficient (Wildman–Crippen LogP) is 2.79. The fourth-order valence-corrected chi connectivity index (χ4v) is 2.56. The van der Waals surface area contributed by atoms with Crippen molar-refractivity contribution in [2.24, 2.45) is 0 Å². The fourth-order valence-electron chi connectivity index (χ4n) is 1.31. The van der Waals surface area contributed by atoms with Gasteiger partial charge in [-0.05, 0) is 18.6 Å². The van der Waals surface area contributed by atoms with Crippen molar-refractivity contribution in [3.8, 4) is 0 Å². The number of aromatic amines is 1. The highest BCUT2D eigenvalue weighted by Gasteiger charge is 2.04. The first-order chi connectivity index (χ1) is 8.16. The van der Waals surface area contributed by atoms with Crippen molar-refractivity contribution in [3.05, 3.63) is 42.9 Å². The topological polar surface area (TPSA) is 57.8 Å².